The summed E-state index contributed by atoms with van der Waals surface area (Å²) in [6.07, 6.45) is 6.02. The molecule has 5 heterocycles. The summed E-state index contributed by atoms with van der Waals surface area (Å²) < 4.78 is 5.55. The number of pyridine rings is 1. The van der Waals surface area contributed by atoms with Gasteiger partial charge < -0.3 is 15.0 Å². The van der Waals surface area contributed by atoms with Gasteiger partial charge in [0, 0.05) is 55.5 Å². The van der Waals surface area contributed by atoms with Crippen LogP contribution in [0.25, 0.3) is 11.3 Å². The number of fused-ring (bicyclic) bond motifs is 1. The molecule has 28 heavy (non-hydrogen) atoms. The summed E-state index contributed by atoms with van der Waals surface area (Å²) in [7, 11) is 0. The van der Waals surface area contributed by atoms with Gasteiger partial charge in [-0.2, -0.15) is 0 Å². The molecule has 0 unspecified atom stereocenters. The molecule has 3 aromatic heterocycles. The molecule has 1 N–H and O–H groups in total. The van der Waals surface area contributed by atoms with Crippen molar-refractivity contribution in [1.82, 2.24) is 25.1 Å². The Bertz CT molecular complexity index is 943. The number of aromatic nitrogens is 5. The lowest BCUT2D eigenvalue weighted by atomic mass is 10.00. The van der Waals surface area contributed by atoms with Crippen LogP contribution < -0.4 is 10.2 Å². The number of anilines is 2. The molecule has 8 heteroatoms. The van der Waals surface area contributed by atoms with Crippen LogP contribution in [0.5, 0.6) is 0 Å². The van der Waals surface area contributed by atoms with Crippen LogP contribution in [-0.4, -0.2) is 51.4 Å². The van der Waals surface area contributed by atoms with Gasteiger partial charge in [-0.15, -0.1) is 10.2 Å². The van der Waals surface area contributed by atoms with Crippen LogP contribution in [-0.2, 0) is 17.8 Å². The molecule has 0 aromatic carbocycles. The molecule has 8 nitrogen and oxygen atoms in total. The molecular formula is C20H21N7O. The summed E-state index contributed by atoms with van der Waals surface area (Å²) in [5.41, 5.74) is 4.09. The molecule has 5 rings (SSSR count). The number of hydrogen-bond donors (Lipinski definition) is 1. The molecule has 2 aliphatic heterocycles. The predicted molar refractivity (Wildman–Crippen MR) is 105 cm³/mol. The smallest absolute Gasteiger partial charge is 0.151 e. The topological polar surface area (TPSA) is 89.0 Å². The third-order valence-corrected chi connectivity index (χ3v) is 5.23. The number of nitrogens with one attached hydrogen (secondary N) is 1. The van der Waals surface area contributed by atoms with E-state index in [-0.39, 0.29) is 0 Å². The first-order chi connectivity index (χ1) is 13.9. The van der Waals surface area contributed by atoms with E-state index in [1.807, 2.05) is 24.3 Å². The summed E-state index contributed by atoms with van der Waals surface area (Å²) in [6.45, 7) is 4.12. The van der Waals surface area contributed by atoms with Gasteiger partial charge in [0.25, 0.3) is 0 Å². The molecule has 0 saturated carbocycles. The standard InChI is InChI=1S/C20H21N7O/c1-2-19(26-25-17(1)15-3-6-21-7-4-15)27-10-14(11-27)9-22-20-16-12-28-8-5-18(16)23-13-24-20/h1-4,6-7,13-14H,5,8-12H2,(H,22,23,24). The van der Waals surface area contributed by atoms with Crippen molar-refractivity contribution in [2.45, 2.75) is 13.0 Å². The first-order valence-electron chi connectivity index (χ1n) is 9.50. The molecule has 1 fully saturated rings. The number of nitrogens with zero attached hydrogens (tertiary/aromatic N) is 6. The van der Waals surface area contributed by atoms with Crippen molar-refractivity contribution in [2.24, 2.45) is 5.92 Å². The molecule has 1 saturated heterocycles. The highest BCUT2D eigenvalue weighted by molar-refractivity contribution is 5.59. The summed E-state index contributed by atoms with van der Waals surface area (Å²) in [5, 5.41) is 12.2. The van der Waals surface area contributed by atoms with Crippen LogP contribution >= 0.6 is 0 Å². The summed E-state index contributed by atoms with van der Waals surface area (Å²) in [4.78, 5) is 15.0. The van der Waals surface area contributed by atoms with Crippen LogP contribution in [0.1, 0.15) is 11.3 Å². The number of ether oxygens (including phenoxy) is 1. The lowest BCUT2D eigenvalue weighted by Gasteiger charge is -2.40. The van der Waals surface area contributed by atoms with E-state index in [1.165, 1.54) is 0 Å². The molecule has 3 aromatic rings. The Morgan fingerprint density at radius 3 is 2.79 bits per heavy atom. The molecule has 0 radical (unpaired) electrons. The van der Waals surface area contributed by atoms with Crippen molar-refractivity contribution in [3.63, 3.8) is 0 Å². The van der Waals surface area contributed by atoms with Crippen molar-refractivity contribution in [3.05, 3.63) is 54.2 Å². The van der Waals surface area contributed by atoms with Gasteiger partial charge in [0.05, 0.1) is 24.6 Å². The second kappa shape index (κ2) is 7.47. The third-order valence-electron chi connectivity index (χ3n) is 5.23. The summed E-state index contributed by atoms with van der Waals surface area (Å²) in [5.74, 6) is 2.38. The largest absolute Gasteiger partial charge is 0.376 e. The van der Waals surface area contributed by atoms with E-state index >= 15 is 0 Å². The lowest BCUT2D eigenvalue weighted by molar-refractivity contribution is 0.109. The molecule has 0 amide bonds. The van der Waals surface area contributed by atoms with Crippen LogP contribution in [0.15, 0.2) is 43.0 Å². The van der Waals surface area contributed by atoms with Crippen LogP contribution in [0, 0.1) is 5.92 Å². The van der Waals surface area contributed by atoms with Crippen molar-refractivity contribution >= 4 is 11.6 Å². The van der Waals surface area contributed by atoms with E-state index in [2.05, 4.69) is 35.4 Å². The van der Waals surface area contributed by atoms with Gasteiger partial charge in [0.2, 0.25) is 0 Å². The van der Waals surface area contributed by atoms with Gasteiger partial charge in [-0.1, -0.05) is 0 Å². The quantitative estimate of drug-likeness (QED) is 0.724. The van der Waals surface area contributed by atoms with Gasteiger partial charge in [-0.25, -0.2) is 9.97 Å². The number of hydrogen-bond acceptors (Lipinski definition) is 8. The maximum absolute atomic E-state index is 5.55. The van der Waals surface area contributed by atoms with E-state index in [9.17, 15) is 0 Å². The van der Waals surface area contributed by atoms with Crippen LogP contribution in [0.3, 0.4) is 0 Å². The third kappa shape index (κ3) is 3.38. The first kappa shape index (κ1) is 17.0. The van der Waals surface area contributed by atoms with Crippen LogP contribution in [0.4, 0.5) is 11.6 Å². The number of rotatable bonds is 5. The Morgan fingerprint density at radius 2 is 1.96 bits per heavy atom. The van der Waals surface area contributed by atoms with Gasteiger partial charge in [0.1, 0.15) is 12.1 Å². The zero-order chi connectivity index (χ0) is 18.8. The maximum Gasteiger partial charge on any atom is 0.151 e. The zero-order valence-electron chi connectivity index (χ0n) is 15.5. The van der Waals surface area contributed by atoms with Crippen molar-refractivity contribution in [3.8, 4) is 11.3 Å². The highest BCUT2D eigenvalue weighted by Gasteiger charge is 2.28. The Kier molecular flexibility index (Phi) is 4.54. The van der Waals surface area contributed by atoms with Gasteiger partial charge in [0.15, 0.2) is 5.82 Å². The fraction of sp³-hybridized carbons (Fsp3) is 0.350. The fourth-order valence-electron chi connectivity index (χ4n) is 3.61. The second-order valence-electron chi connectivity index (χ2n) is 7.11. The average Bonchev–Trinajstić information content (AvgIpc) is 2.74. The van der Waals surface area contributed by atoms with E-state index in [4.69, 9.17) is 4.74 Å². The van der Waals surface area contributed by atoms with Gasteiger partial charge in [-0.05, 0) is 24.3 Å². The highest BCUT2D eigenvalue weighted by atomic mass is 16.5. The van der Waals surface area contributed by atoms with Gasteiger partial charge in [-0.3, -0.25) is 4.98 Å². The first-order valence-corrected chi connectivity index (χ1v) is 9.50. The van der Waals surface area contributed by atoms with Crippen molar-refractivity contribution in [2.75, 3.05) is 36.5 Å². The average molecular weight is 375 g/mol. The normalized spacial score (nSPS) is 16.4. The molecule has 142 valence electrons. The Hall–Kier alpha value is -3.13. The molecule has 0 bridgehead atoms. The monoisotopic (exact) mass is 375 g/mol. The van der Waals surface area contributed by atoms with Crippen molar-refractivity contribution in [1.29, 1.82) is 0 Å². The zero-order valence-corrected chi connectivity index (χ0v) is 15.5. The molecule has 2 aliphatic rings. The van der Waals surface area contributed by atoms with Crippen LogP contribution in [0.2, 0.25) is 0 Å². The molecule has 0 aliphatic carbocycles. The molecular weight excluding hydrogens is 354 g/mol. The minimum Gasteiger partial charge on any atom is -0.376 e. The summed E-state index contributed by atoms with van der Waals surface area (Å²) >= 11 is 0. The SMILES string of the molecule is c1cc(-c2ccc(N3CC(CNc4ncnc5c4COCC5)C3)nn2)ccn1. The lowest BCUT2D eigenvalue weighted by Crippen LogP contribution is -2.50. The van der Waals surface area contributed by atoms with E-state index in [0.717, 1.165) is 66.8 Å². The highest BCUT2D eigenvalue weighted by Crippen LogP contribution is 2.26. The van der Waals surface area contributed by atoms with E-state index < -0.39 is 0 Å². The van der Waals surface area contributed by atoms with Crippen molar-refractivity contribution < 1.29 is 4.74 Å². The van der Waals surface area contributed by atoms with E-state index in [1.54, 1.807) is 18.7 Å². The predicted octanol–water partition coefficient (Wildman–Crippen LogP) is 1.95. The summed E-state index contributed by atoms with van der Waals surface area (Å²) in [6, 6.07) is 7.92. The molecule has 0 atom stereocenters. The van der Waals surface area contributed by atoms with E-state index in [0.29, 0.717) is 12.5 Å². The maximum atomic E-state index is 5.55. The van der Waals surface area contributed by atoms with Gasteiger partial charge >= 0.3 is 0 Å². The molecule has 0 spiro atoms. The fourth-order valence-corrected chi connectivity index (χ4v) is 3.61. The Morgan fingerprint density at radius 1 is 1.07 bits per heavy atom. The Balaban J connectivity index is 1.16. The minimum absolute atomic E-state index is 0.553. The minimum atomic E-state index is 0.553. The second-order valence-corrected chi connectivity index (χ2v) is 7.11. The Labute approximate surface area is 163 Å².